The molecule has 0 aliphatic rings. The number of rotatable bonds is 2. The van der Waals surface area contributed by atoms with Crippen molar-refractivity contribution in [1.82, 2.24) is 0 Å². The molecular weight excluding hydrogens is 513 g/mol. The number of benzene rings is 8. The van der Waals surface area contributed by atoms with Crippen molar-refractivity contribution in [2.45, 2.75) is 0 Å². The summed E-state index contributed by atoms with van der Waals surface area (Å²) in [7, 11) is 0. The number of thiophene rings is 1. The summed E-state index contributed by atoms with van der Waals surface area (Å²) in [6.07, 6.45) is 0. The summed E-state index contributed by atoms with van der Waals surface area (Å²) in [6, 6.07) is 53.7. The van der Waals surface area contributed by atoms with Crippen LogP contribution in [0, 0.1) is 0 Å². The Morgan fingerprint density at radius 2 is 0.805 bits per heavy atom. The van der Waals surface area contributed by atoms with Gasteiger partial charge in [0.25, 0.3) is 0 Å². The van der Waals surface area contributed by atoms with Gasteiger partial charge in [-0.1, -0.05) is 133 Å². The molecule has 0 N–H and O–H groups in total. The van der Waals surface area contributed by atoms with Crippen LogP contribution < -0.4 is 0 Å². The molecule has 0 aliphatic heterocycles. The predicted octanol–water partition coefficient (Wildman–Crippen LogP) is 12.0. The van der Waals surface area contributed by atoms with Gasteiger partial charge in [0.1, 0.15) is 0 Å². The van der Waals surface area contributed by atoms with Crippen molar-refractivity contribution in [3.05, 3.63) is 146 Å². The molecule has 8 aromatic carbocycles. The lowest BCUT2D eigenvalue weighted by Gasteiger charge is -2.20. The van der Waals surface area contributed by atoms with Crippen molar-refractivity contribution in [2.75, 3.05) is 0 Å². The molecule has 1 aromatic heterocycles. The molecule has 0 saturated carbocycles. The molecule has 0 fully saturated rings. The zero-order chi connectivity index (χ0) is 26.9. The van der Waals surface area contributed by atoms with E-state index in [1.165, 1.54) is 85.5 Å². The summed E-state index contributed by atoms with van der Waals surface area (Å²) in [5.41, 5.74) is 5.21. The predicted molar refractivity (Wildman–Crippen MR) is 180 cm³/mol. The Balaban J connectivity index is 1.49. The number of hydrogen-bond acceptors (Lipinski definition) is 1. The fourth-order valence-electron chi connectivity index (χ4n) is 6.95. The molecule has 0 nitrogen and oxygen atoms in total. The Bertz CT molecular complexity index is 2410. The van der Waals surface area contributed by atoms with Crippen LogP contribution in [0.25, 0.3) is 85.5 Å². The minimum Gasteiger partial charge on any atom is -0.135 e. The second kappa shape index (κ2) is 8.76. The molecule has 0 spiro atoms. The van der Waals surface area contributed by atoms with E-state index in [-0.39, 0.29) is 0 Å². The molecule has 41 heavy (non-hydrogen) atoms. The van der Waals surface area contributed by atoms with Crippen molar-refractivity contribution in [2.24, 2.45) is 0 Å². The van der Waals surface area contributed by atoms with Crippen LogP contribution in [0.3, 0.4) is 0 Å². The Labute approximate surface area is 241 Å². The lowest BCUT2D eigenvalue weighted by atomic mass is 9.83. The van der Waals surface area contributed by atoms with Gasteiger partial charge in [-0.3, -0.25) is 0 Å². The second-order valence-electron chi connectivity index (χ2n) is 10.8. The lowest BCUT2D eigenvalue weighted by molar-refractivity contribution is 1.70. The molecular formula is C40H24S. The van der Waals surface area contributed by atoms with E-state index in [0.717, 1.165) is 0 Å². The van der Waals surface area contributed by atoms with Gasteiger partial charge in [0.2, 0.25) is 0 Å². The minimum atomic E-state index is 1.27. The SMILES string of the molecule is c1ccc2c(-c3c4ccccc4c(-c4cc5sc6ccccc6c5c5ccccc45)c4ccccc34)cccc2c1. The van der Waals surface area contributed by atoms with Gasteiger partial charge in [-0.25, -0.2) is 0 Å². The van der Waals surface area contributed by atoms with Crippen LogP contribution in [0.2, 0.25) is 0 Å². The van der Waals surface area contributed by atoms with E-state index in [9.17, 15) is 0 Å². The third-order valence-corrected chi connectivity index (χ3v) is 9.76. The van der Waals surface area contributed by atoms with Crippen molar-refractivity contribution in [1.29, 1.82) is 0 Å². The van der Waals surface area contributed by atoms with Crippen LogP contribution in [0.1, 0.15) is 0 Å². The molecule has 0 atom stereocenters. The number of fused-ring (bicyclic) bond motifs is 8. The summed E-state index contributed by atoms with van der Waals surface area (Å²) in [5, 5.41) is 13.1. The summed E-state index contributed by atoms with van der Waals surface area (Å²) in [5.74, 6) is 0. The van der Waals surface area contributed by atoms with E-state index in [1.54, 1.807) is 0 Å². The van der Waals surface area contributed by atoms with Crippen molar-refractivity contribution >= 4 is 74.6 Å². The average Bonchev–Trinajstić information content (AvgIpc) is 3.42. The fourth-order valence-corrected chi connectivity index (χ4v) is 8.11. The summed E-state index contributed by atoms with van der Waals surface area (Å²) < 4.78 is 2.68. The van der Waals surface area contributed by atoms with Crippen LogP contribution in [-0.2, 0) is 0 Å². The Hall–Kier alpha value is -4.98. The van der Waals surface area contributed by atoms with E-state index in [0.29, 0.717) is 0 Å². The minimum absolute atomic E-state index is 1.27. The first-order valence-electron chi connectivity index (χ1n) is 14.1. The van der Waals surface area contributed by atoms with Crippen LogP contribution in [0.5, 0.6) is 0 Å². The van der Waals surface area contributed by atoms with Crippen molar-refractivity contribution in [3.8, 4) is 22.3 Å². The highest BCUT2D eigenvalue weighted by Crippen LogP contribution is 2.49. The molecule has 9 rings (SSSR count). The zero-order valence-corrected chi connectivity index (χ0v) is 23.1. The molecule has 0 bridgehead atoms. The van der Waals surface area contributed by atoms with Gasteiger partial charge in [-0.2, -0.15) is 0 Å². The largest absolute Gasteiger partial charge is 0.135 e. The topological polar surface area (TPSA) is 0 Å². The third-order valence-electron chi connectivity index (χ3n) is 8.64. The highest BCUT2D eigenvalue weighted by molar-refractivity contribution is 7.26. The quantitative estimate of drug-likeness (QED) is 0.193. The first-order chi connectivity index (χ1) is 20.4. The maximum atomic E-state index is 2.45. The Morgan fingerprint density at radius 1 is 0.317 bits per heavy atom. The smallest absolute Gasteiger partial charge is 0.0368 e. The van der Waals surface area contributed by atoms with Gasteiger partial charge < -0.3 is 0 Å². The highest BCUT2D eigenvalue weighted by Gasteiger charge is 2.20. The zero-order valence-electron chi connectivity index (χ0n) is 22.3. The van der Waals surface area contributed by atoms with Gasteiger partial charge in [0.15, 0.2) is 0 Å². The molecule has 0 saturated heterocycles. The summed E-state index contributed by atoms with van der Waals surface area (Å²) in [6.45, 7) is 0. The highest BCUT2D eigenvalue weighted by atomic mass is 32.1. The normalized spacial score (nSPS) is 11.9. The standard InChI is InChI=1S/C40H24S/c1-2-14-26-25(12-1)13-11-22-28(26)38-30-17-5-7-19-32(30)39(33-20-8-6-18-31(33)38)35-24-37-40(29-16-4-3-15-27(29)35)34-21-9-10-23-36(34)41-37/h1-24H. The lowest BCUT2D eigenvalue weighted by Crippen LogP contribution is -1.92. The van der Waals surface area contributed by atoms with Gasteiger partial charge >= 0.3 is 0 Å². The maximum absolute atomic E-state index is 2.45. The maximum Gasteiger partial charge on any atom is 0.0368 e. The Morgan fingerprint density at radius 3 is 1.49 bits per heavy atom. The van der Waals surface area contributed by atoms with Crippen LogP contribution >= 0.6 is 11.3 Å². The van der Waals surface area contributed by atoms with Crippen molar-refractivity contribution in [3.63, 3.8) is 0 Å². The first kappa shape index (κ1) is 22.8. The summed E-state index contributed by atoms with van der Waals surface area (Å²) in [4.78, 5) is 0. The van der Waals surface area contributed by atoms with E-state index >= 15 is 0 Å². The van der Waals surface area contributed by atoms with E-state index in [1.807, 2.05) is 11.3 Å². The van der Waals surface area contributed by atoms with Gasteiger partial charge in [-0.05, 0) is 77.5 Å². The Kier molecular flexibility index (Phi) is 4.87. The van der Waals surface area contributed by atoms with Crippen LogP contribution in [0.4, 0.5) is 0 Å². The first-order valence-corrected chi connectivity index (χ1v) is 14.9. The molecule has 0 unspecified atom stereocenters. The fraction of sp³-hybridized carbons (Fsp3) is 0. The van der Waals surface area contributed by atoms with E-state index < -0.39 is 0 Å². The van der Waals surface area contributed by atoms with Gasteiger partial charge in [-0.15, -0.1) is 11.3 Å². The molecule has 0 amide bonds. The third kappa shape index (κ3) is 3.27. The molecule has 0 radical (unpaired) electrons. The van der Waals surface area contributed by atoms with Gasteiger partial charge in [0, 0.05) is 20.2 Å². The van der Waals surface area contributed by atoms with E-state index in [2.05, 4.69) is 146 Å². The van der Waals surface area contributed by atoms with Crippen LogP contribution in [0.15, 0.2) is 146 Å². The monoisotopic (exact) mass is 536 g/mol. The molecule has 190 valence electrons. The number of hydrogen-bond donors (Lipinski definition) is 0. The molecule has 1 heteroatoms. The summed E-state index contributed by atoms with van der Waals surface area (Å²) >= 11 is 1.90. The average molecular weight is 537 g/mol. The molecule has 9 aromatic rings. The van der Waals surface area contributed by atoms with E-state index in [4.69, 9.17) is 0 Å². The molecule has 0 aliphatic carbocycles. The second-order valence-corrected chi connectivity index (χ2v) is 11.9. The molecule has 1 heterocycles. The van der Waals surface area contributed by atoms with Gasteiger partial charge in [0.05, 0.1) is 0 Å². The van der Waals surface area contributed by atoms with Crippen molar-refractivity contribution < 1.29 is 0 Å². The van der Waals surface area contributed by atoms with Crippen LogP contribution in [-0.4, -0.2) is 0 Å².